The highest BCUT2D eigenvalue weighted by molar-refractivity contribution is 7.13. The van der Waals surface area contributed by atoms with Gasteiger partial charge < -0.3 is 15.6 Å². The largest absolute Gasteiger partial charge is 0.349 e. The minimum atomic E-state index is -0.346. The van der Waals surface area contributed by atoms with Crippen LogP contribution in [0.2, 0.25) is 0 Å². The SMILES string of the molecule is CC(=O)NCc1nc(-c2ccc(F)cc2)c(-c2nc(C(=O)NC(C)C)cs2)[nH]1. The Bertz CT molecular complexity index is 994. The number of halogens is 1. The summed E-state index contributed by atoms with van der Waals surface area (Å²) in [4.78, 5) is 35.5. The van der Waals surface area contributed by atoms with Gasteiger partial charge in [0, 0.05) is 23.9 Å². The number of carbonyl (C=O) groups excluding carboxylic acids is 2. The Morgan fingerprint density at radius 3 is 2.57 bits per heavy atom. The first-order chi connectivity index (χ1) is 13.3. The molecule has 3 aromatic rings. The topological polar surface area (TPSA) is 99.8 Å². The monoisotopic (exact) mass is 401 g/mol. The maximum absolute atomic E-state index is 13.3. The van der Waals surface area contributed by atoms with Gasteiger partial charge in [-0.15, -0.1) is 11.3 Å². The van der Waals surface area contributed by atoms with Crippen LogP contribution in [-0.2, 0) is 11.3 Å². The molecule has 0 unspecified atom stereocenters. The number of carbonyl (C=O) groups is 2. The summed E-state index contributed by atoms with van der Waals surface area (Å²) in [5.41, 5.74) is 2.20. The normalized spacial score (nSPS) is 10.9. The molecule has 2 amide bonds. The number of nitrogens with zero attached hydrogens (tertiary/aromatic N) is 2. The molecule has 0 spiro atoms. The third-order valence-corrected chi connectivity index (χ3v) is 4.61. The Labute approximate surface area is 165 Å². The zero-order chi connectivity index (χ0) is 20.3. The minimum absolute atomic E-state index is 0.00355. The molecule has 3 N–H and O–H groups in total. The quantitative estimate of drug-likeness (QED) is 0.591. The fourth-order valence-corrected chi connectivity index (χ4v) is 3.31. The summed E-state index contributed by atoms with van der Waals surface area (Å²) >= 11 is 1.30. The van der Waals surface area contributed by atoms with Gasteiger partial charge in [-0.25, -0.2) is 14.4 Å². The maximum atomic E-state index is 13.3. The van der Waals surface area contributed by atoms with Gasteiger partial charge in [0.1, 0.15) is 28.0 Å². The lowest BCUT2D eigenvalue weighted by Crippen LogP contribution is -2.30. The second kappa shape index (κ2) is 8.30. The molecule has 0 aliphatic rings. The minimum Gasteiger partial charge on any atom is -0.349 e. The van der Waals surface area contributed by atoms with Crippen LogP contribution < -0.4 is 10.6 Å². The first-order valence-corrected chi connectivity index (χ1v) is 9.57. The smallest absolute Gasteiger partial charge is 0.270 e. The Morgan fingerprint density at radius 1 is 1.21 bits per heavy atom. The summed E-state index contributed by atoms with van der Waals surface area (Å²) in [6, 6.07) is 5.95. The molecule has 2 heterocycles. The highest BCUT2D eigenvalue weighted by atomic mass is 32.1. The highest BCUT2D eigenvalue weighted by Crippen LogP contribution is 2.32. The standard InChI is InChI=1S/C19H20FN5O2S/c1-10(2)22-18(27)14-9-28-19(23-14)17-16(12-4-6-13(20)7-5-12)24-15(25-17)8-21-11(3)26/h4-7,9-10H,8H2,1-3H3,(H,21,26)(H,22,27)(H,24,25). The van der Waals surface area contributed by atoms with E-state index in [9.17, 15) is 14.0 Å². The summed E-state index contributed by atoms with van der Waals surface area (Å²) in [6.45, 7) is 5.39. The van der Waals surface area contributed by atoms with Crippen LogP contribution >= 0.6 is 11.3 Å². The fraction of sp³-hybridized carbons (Fsp3) is 0.263. The van der Waals surface area contributed by atoms with Crippen LogP contribution in [0, 0.1) is 5.82 Å². The molecule has 9 heteroatoms. The van der Waals surface area contributed by atoms with E-state index in [-0.39, 0.29) is 30.2 Å². The summed E-state index contributed by atoms with van der Waals surface area (Å²) in [6.07, 6.45) is 0. The lowest BCUT2D eigenvalue weighted by Gasteiger charge is -2.05. The second-order valence-corrected chi connectivity index (χ2v) is 7.35. The predicted octanol–water partition coefficient (Wildman–Crippen LogP) is 3.11. The van der Waals surface area contributed by atoms with Crippen molar-refractivity contribution < 1.29 is 14.0 Å². The zero-order valence-corrected chi connectivity index (χ0v) is 16.5. The van der Waals surface area contributed by atoms with Gasteiger partial charge in [-0.1, -0.05) is 0 Å². The van der Waals surface area contributed by atoms with Crippen LogP contribution in [0.25, 0.3) is 22.0 Å². The van der Waals surface area contributed by atoms with E-state index >= 15 is 0 Å². The molecule has 0 radical (unpaired) electrons. The number of hydrogen-bond donors (Lipinski definition) is 3. The molecule has 146 valence electrons. The summed E-state index contributed by atoms with van der Waals surface area (Å²) < 4.78 is 13.3. The van der Waals surface area contributed by atoms with Gasteiger partial charge in [0.2, 0.25) is 5.91 Å². The van der Waals surface area contributed by atoms with Crippen LogP contribution in [0.4, 0.5) is 4.39 Å². The number of rotatable bonds is 6. The number of thiazole rings is 1. The number of benzene rings is 1. The Hall–Kier alpha value is -3.07. The lowest BCUT2D eigenvalue weighted by atomic mass is 10.1. The predicted molar refractivity (Wildman–Crippen MR) is 105 cm³/mol. The van der Waals surface area contributed by atoms with Crippen molar-refractivity contribution >= 4 is 23.2 Å². The molecular formula is C19H20FN5O2S. The van der Waals surface area contributed by atoms with Crippen molar-refractivity contribution in [3.8, 4) is 22.0 Å². The van der Waals surface area contributed by atoms with Crippen LogP contribution in [0.3, 0.4) is 0 Å². The molecule has 28 heavy (non-hydrogen) atoms. The van der Waals surface area contributed by atoms with Crippen molar-refractivity contribution in [2.45, 2.75) is 33.4 Å². The van der Waals surface area contributed by atoms with Gasteiger partial charge >= 0.3 is 0 Å². The third-order valence-electron chi connectivity index (χ3n) is 3.75. The Morgan fingerprint density at radius 2 is 1.93 bits per heavy atom. The molecule has 2 aromatic heterocycles. The fourth-order valence-electron chi connectivity index (χ4n) is 2.51. The first-order valence-electron chi connectivity index (χ1n) is 8.69. The van der Waals surface area contributed by atoms with E-state index in [1.165, 1.54) is 30.4 Å². The van der Waals surface area contributed by atoms with Crippen LogP contribution in [0.1, 0.15) is 37.1 Å². The van der Waals surface area contributed by atoms with Gasteiger partial charge in [0.15, 0.2) is 0 Å². The van der Waals surface area contributed by atoms with E-state index in [2.05, 4.69) is 25.6 Å². The van der Waals surface area contributed by atoms with Gasteiger partial charge in [0.25, 0.3) is 5.91 Å². The molecule has 7 nitrogen and oxygen atoms in total. The van der Waals surface area contributed by atoms with Crippen molar-refractivity contribution in [2.75, 3.05) is 0 Å². The van der Waals surface area contributed by atoms with E-state index < -0.39 is 0 Å². The number of amides is 2. The van der Waals surface area contributed by atoms with Crippen LogP contribution in [0.15, 0.2) is 29.6 Å². The van der Waals surface area contributed by atoms with Gasteiger partial charge in [-0.05, 0) is 38.1 Å². The lowest BCUT2D eigenvalue weighted by molar-refractivity contribution is -0.119. The van der Waals surface area contributed by atoms with Gasteiger partial charge in [0.05, 0.1) is 12.2 Å². The molecular weight excluding hydrogens is 381 g/mol. The molecule has 0 aliphatic carbocycles. The van der Waals surface area contributed by atoms with Crippen molar-refractivity contribution in [3.63, 3.8) is 0 Å². The van der Waals surface area contributed by atoms with Gasteiger partial charge in [-0.3, -0.25) is 9.59 Å². The summed E-state index contributed by atoms with van der Waals surface area (Å²) in [5.74, 6) is -0.240. The number of H-pyrrole nitrogens is 1. The zero-order valence-electron chi connectivity index (χ0n) is 15.7. The Balaban J connectivity index is 1.98. The van der Waals surface area contributed by atoms with Crippen molar-refractivity contribution in [2.24, 2.45) is 0 Å². The molecule has 0 saturated carbocycles. The van der Waals surface area contributed by atoms with Crippen molar-refractivity contribution in [3.05, 3.63) is 47.0 Å². The van der Waals surface area contributed by atoms with E-state index in [1.54, 1.807) is 17.5 Å². The first kappa shape index (κ1) is 19.7. The van der Waals surface area contributed by atoms with E-state index in [1.807, 2.05) is 13.8 Å². The number of nitrogens with one attached hydrogen (secondary N) is 3. The highest BCUT2D eigenvalue weighted by Gasteiger charge is 2.19. The molecule has 0 aliphatic heterocycles. The maximum Gasteiger partial charge on any atom is 0.270 e. The van der Waals surface area contributed by atoms with Crippen molar-refractivity contribution in [1.29, 1.82) is 0 Å². The third kappa shape index (κ3) is 4.61. The van der Waals surface area contributed by atoms with E-state index in [0.717, 1.165) is 0 Å². The molecule has 0 saturated heterocycles. The van der Waals surface area contributed by atoms with Crippen molar-refractivity contribution in [1.82, 2.24) is 25.6 Å². The number of imidazole rings is 1. The number of aromatic nitrogens is 3. The summed E-state index contributed by atoms with van der Waals surface area (Å²) in [5, 5.41) is 7.75. The van der Waals surface area contributed by atoms with Crippen LogP contribution in [0.5, 0.6) is 0 Å². The number of hydrogen-bond acceptors (Lipinski definition) is 5. The average molecular weight is 401 g/mol. The molecule has 0 fully saturated rings. The number of aromatic amines is 1. The summed E-state index contributed by atoms with van der Waals surface area (Å²) in [7, 11) is 0. The van der Waals surface area contributed by atoms with E-state index in [0.29, 0.717) is 33.5 Å². The van der Waals surface area contributed by atoms with Gasteiger partial charge in [-0.2, -0.15) is 0 Å². The molecule has 0 bridgehead atoms. The second-order valence-electron chi connectivity index (χ2n) is 6.49. The Kier molecular flexibility index (Phi) is 5.84. The molecule has 0 atom stereocenters. The average Bonchev–Trinajstić information content (AvgIpc) is 3.27. The molecule has 3 rings (SSSR count). The van der Waals surface area contributed by atoms with Crippen LogP contribution in [-0.4, -0.2) is 32.8 Å². The van der Waals surface area contributed by atoms with E-state index in [4.69, 9.17) is 0 Å². The molecule has 1 aromatic carbocycles.